The molecule has 0 aromatic rings. The van der Waals surface area contributed by atoms with Crippen molar-refractivity contribution in [2.24, 2.45) is 0 Å². The third kappa shape index (κ3) is 27.5. The Balaban J connectivity index is 0.860. The van der Waals surface area contributed by atoms with E-state index in [1.807, 2.05) is 0 Å². The highest BCUT2D eigenvalue weighted by atomic mass is 16.8. The van der Waals surface area contributed by atoms with E-state index in [4.69, 9.17) is 109 Å². The van der Waals surface area contributed by atoms with Crippen LogP contribution in [-0.4, -0.2) is 635 Å². The largest absolute Gasteiger partial charge is 0.394 e. The predicted molar refractivity (Wildman–Crippen MR) is 463 cm³/mol. The highest BCUT2D eigenvalue weighted by Gasteiger charge is 2.64. The molecule has 0 spiro atoms. The van der Waals surface area contributed by atoms with Crippen molar-refractivity contribution in [2.45, 2.75) is 417 Å². The highest BCUT2D eigenvalue weighted by Crippen LogP contribution is 2.43. The Hall–Kier alpha value is -5.34. The number of amides is 6. The Morgan fingerprint density at radius 3 is 0.753 bits per heavy atom. The van der Waals surface area contributed by atoms with E-state index in [1.54, 1.807) is 0 Å². The van der Waals surface area contributed by atoms with E-state index in [-0.39, 0.29) is 0 Å². The van der Waals surface area contributed by atoms with Crippen molar-refractivity contribution in [2.75, 3.05) is 72.7 Å². The maximum atomic E-state index is 13.4. The lowest BCUT2D eigenvalue weighted by Gasteiger charge is -2.51. The van der Waals surface area contributed by atoms with Crippen LogP contribution >= 0.6 is 0 Å². The SMILES string of the molecule is CC(=O)N[C@H]1[C@H](O[C@H]2[C@H](O)[C@@H](NC(C)=O)C(O)O[C@@H]2CO[C@@H]2O[C@@H](C)[C@@H](O)[C@@H](O)[C@@H]2O)O[C@H](CO)[C@@H](O[C@@H]2O[C@H](CO[C@H]3O[C@H](CO)[C@@H](O)[C@H](O)[C@@H]3O[C@@H]3O[C@H](CO)[C@@H](O[C@@H]4O[C@H](CO)[C@H](O)[C@H](O[C@@H]5O[C@H](CO)[C@@H](O)[C@H](O)[C@H]5NC(C)=O)[C@H]4O)[C@H](O)[C@H]3NC(C)=O)[C@@H](O)[C@H](O[C@H]3O[C@H](CO)[C@@H](O)[C@H](O)[C@@H]3O[C@@H]3O[C@H](CO)[C@@H](O[C@@H]4O[C@H](CO)[C@H](O)[C@H](O[C@@H]5O[C@H](CO)[C@@H](O)[C@H](O)[C@H]5NC(C)=O)[C@H]4O)[C@H](O)[C@H]3NC(C)=O)[C@@H]2O)[C@@H]1O. The molecule has 0 aliphatic carbocycles. The summed E-state index contributed by atoms with van der Waals surface area (Å²) in [5.74, 6) is -5.68. The molecule has 60 atom stereocenters. The molecule has 37 N–H and O–H groups in total. The van der Waals surface area contributed by atoms with Gasteiger partial charge >= 0.3 is 0 Å². The zero-order valence-corrected chi connectivity index (χ0v) is 81.1. The molecule has 12 aliphatic heterocycles. The first-order valence-corrected chi connectivity index (χ1v) is 48.0. The van der Waals surface area contributed by atoms with Gasteiger partial charge in [0.05, 0.1) is 78.8 Å². The maximum absolute atomic E-state index is 13.4. The van der Waals surface area contributed by atoms with Crippen LogP contribution in [0.3, 0.4) is 0 Å². The van der Waals surface area contributed by atoms with Gasteiger partial charge in [-0.05, 0) is 6.92 Å². The number of hydrogen-bond acceptors (Lipinski definition) is 60. The molecule has 66 nitrogen and oxygen atoms in total. The van der Waals surface area contributed by atoms with E-state index < -0.39 is 476 Å². The van der Waals surface area contributed by atoms with E-state index in [0.717, 1.165) is 41.5 Å². The average molecular weight is 2190 g/mol. The van der Waals surface area contributed by atoms with Gasteiger partial charge in [-0.25, -0.2) is 0 Å². The van der Waals surface area contributed by atoms with Crippen molar-refractivity contribution in [3.8, 4) is 0 Å². The zero-order chi connectivity index (χ0) is 110. The van der Waals surface area contributed by atoms with Gasteiger partial charge < -0.3 is 299 Å². The summed E-state index contributed by atoms with van der Waals surface area (Å²) >= 11 is 0. The molecule has 12 rings (SSSR count). The number of hydrogen-bond donors (Lipinski definition) is 37. The lowest BCUT2D eigenvalue weighted by Crippen LogP contribution is -2.71. The highest BCUT2D eigenvalue weighted by molar-refractivity contribution is 5.75. The van der Waals surface area contributed by atoms with Gasteiger partial charge in [-0.3, -0.25) is 28.8 Å². The number of aliphatic hydroxyl groups excluding tert-OH is 31. The number of carbonyl (C=O) groups is 6. The molecule has 0 saturated carbocycles. The molecule has 0 radical (unpaired) electrons. The zero-order valence-electron chi connectivity index (χ0n) is 81.1. The first-order chi connectivity index (χ1) is 70.9. The summed E-state index contributed by atoms with van der Waals surface area (Å²) < 4.78 is 138. The minimum Gasteiger partial charge on any atom is -0.394 e. The van der Waals surface area contributed by atoms with Crippen LogP contribution in [0.1, 0.15) is 48.5 Å². The molecule has 0 aromatic carbocycles. The van der Waals surface area contributed by atoms with Crippen LogP contribution in [-0.2, 0) is 138 Å². The van der Waals surface area contributed by atoms with Gasteiger partial charge in [0.25, 0.3) is 0 Å². The van der Waals surface area contributed by atoms with Crippen molar-refractivity contribution >= 4 is 35.4 Å². The van der Waals surface area contributed by atoms with E-state index in [1.165, 1.54) is 6.92 Å². The second kappa shape index (κ2) is 54.0. The molecule has 150 heavy (non-hydrogen) atoms. The van der Waals surface area contributed by atoms with Crippen molar-refractivity contribution < 1.29 is 296 Å². The summed E-state index contributed by atoms with van der Waals surface area (Å²) in [4.78, 5) is 77.4. The fourth-order valence-electron chi connectivity index (χ4n) is 19.6. The van der Waals surface area contributed by atoms with Crippen molar-refractivity contribution in [1.82, 2.24) is 31.9 Å². The summed E-state index contributed by atoms with van der Waals surface area (Å²) in [6.07, 6.45) is -115. The van der Waals surface area contributed by atoms with Gasteiger partial charge in [0, 0.05) is 41.5 Å². The molecule has 66 heteroatoms. The Bertz CT molecular complexity index is 4250. The van der Waals surface area contributed by atoms with Crippen LogP contribution in [0.4, 0.5) is 0 Å². The summed E-state index contributed by atoms with van der Waals surface area (Å²) in [6.45, 7) is -5.87. The number of carbonyl (C=O) groups excluding carboxylic acids is 6. The number of ether oxygens (including phenoxy) is 23. The summed E-state index contributed by atoms with van der Waals surface area (Å²) in [6, 6.07) is -11.5. The van der Waals surface area contributed by atoms with Gasteiger partial charge in [-0.1, -0.05) is 0 Å². The topological polar surface area (TPSA) is 1010 Å². The lowest BCUT2D eigenvalue weighted by atomic mass is 9.93. The summed E-state index contributed by atoms with van der Waals surface area (Å²) in [5.41, 5.74) is 0. The van der Waals surface area contributed by atoms with E-state index in [2.05, 4.69) is 31.9 Å². The molecule has 12 saturated heterocycles. The number of aliphatic hydroxyl groups is 31. The van der Waals surface area contributed by atoms with Crippen LogP contribution < -0.4 is 31.9 Å². The van der Waals surface area contributed by atoms with Crippen LogP contribution in [0, 0.1) is 0 Å². The second-order valence-corrected chi connectivity index (χ2v) is 38.1. The predicted octanol–water partition coefficient (Wildman–Crippen LogP) is -25.3. The van der Waals surface area contributed by atoms with E-state index >= 15 is 0 Å². The molecular formula is C84H140N6O60. The van der Waals surface area contributed by atoms with Gasteiger partial charge in [-0.2, -0.15) is 0 Å². The maximum Gasteiger partial charge on any atom is 0.217 e. The third-order valence-electron chi connectivity index (χ3n) is 27.4. The molecule has 6 amide bonds. The van der Waals surface area contributed by atoms with Crippen molar-refractivity contribution in [1.29, 1.82) is 0 Å². The van der Waals surface area contributed by atoms with Crippen LogP contribution in [0.5, 0.6) is 0 Å². The lowest BCUT2D eigenvalue weighted by molar-refractivity contribution is -0.400. The monoisotopic (exact) mass is 2190 g/mol. The Morgan fingerprint density at radius 1 is 0.187 bits per heavy atom. The van der Waals surface area contributed by atoms with Gasteiger partial charge in [-0.15, -0.1) is 0 Å². The quantitative estimate of drug-likeness (QED) is 0.0272. The first-order valence-electron chi connectivity index (χ1n) is 48.0. The number of nitrogens with one attached hydrogen (secondary N) is 6. The molecular weight excluding hydrogens is 2050 g/mol. The van der Waals surface area contributed by atoms with Crippen LogP contribution in [0.2, 0.25) is 0 Å². The molecule has 866 valence electrons. The van der Waals surface area contributed by atoms with Crippen LogP contribution in [0.15, 0.2) is 0 Å². The molecule has 0 bridgehead atoms. The molecule has 12 heterocycles. The number of rotatable bonds is 39. The molecule has 1 unspecified atom stereocenters. The standard InChI is InChI=1S/C84H140N6O60/c1-19-43(106)57(120)60(123)79(130-19)128-18-36-67(53(116)37(73(127)131-36)85-20(2)100)142-76-40(88-23(5)103)54(117)66(32(14-97)138-76)145-82-63(126)70(148-84-72(59(122)47(110)29(11-94)137-84)150-78-42(90-25(7)105)56(119)65(34(16-99)140-78)144-81-62(125)69(49(112)31(13-96)135-81)147-75-39(87-22(4)102)52(115)45(108)27(9-92)133-75)50(113)35(141-82)17-129-83-71(58(121)46(109)28(10-93)136-83)149-77-41(89-24(6)104)55(118)64(33(15-98)139-77)143-80-61(124)68(48(111)30(12-95)134-80)146-74-38(86-21(3)101)51(114)44(107)26(8-91)132-74/h19,26-84,91-99,106-127H,8-18H2,1-7H3,(H,85,100)(H,86,101)(H,87,102)(H,88,103)(H,89,104)(H,90,105)/t19-,26+,27+,28+,29+,30+,31+,32+,33+,34+,35+,36+,37+,38+,39+,40+,41+,42+,43+,44+,45+,46+,47+,48-,49-,50+,51+,52+,53+,54+,55+,56+,57+,58-,59-,60-,61+,62+,63-,64+,65+,66+,67+,68-,69-,70-,71-,72-,73?,74-,75-,76-,77-,78-,79+,80-,81-,82-,83-,84+/m0/s1. The summed E-state index contributed by atoms with van der Waals surface area (Å²) in [5, 5.41) is 367. The fraction of sp³-hybridized carbons (Fsp3) is 0.929. The second-order valence-electron chi connectivity index (χ2n) is 38.1. The normalized spacial score (nSPS) is 48.8. The van der Waals surface area contributed by atoms with E-state index in [9.17, 15) is 187 Å². The minimum atomic E-state index is -2.72. The smallest absolute Gasteiger partial charge is 0.217 e. The Labute approximate surface area is 849 Å². The van der Waals surface area contributed by atoms with Crippen molar-refractivity contribution in [3.05, 3.63) is 0 Å². The third-order valence-corrected chi connectivity index (χ3v) is 27.4. The molecule has 12 aliphatic rings. The molecule has 0 aromatic heterocycles. The summed E-state index contributed by atoms with van der Waals surface area (Å²) in [7, 11) is 0. The van der Waals surface area contributed by atoms with Crippen molar-refractivity contribution in [3.63, 3.8) is 0 Å². The van der Waals surface area contributed by atoms with Gasteiger partial charge in [0.15, 0.2) is 75.5 Å². The Morgan fingerprint density at radius 2 is 0.413 bits per heavy atom. The van der Waals surface area contributed by atoms with Crippen LogP contribution in [0.25, 0.3) is 0 Å². The minimum absolute atomic E-state index is 0.834. The Kier molecular flexibility index (Phi) is 44.4. The molecule has 12 fully saturated rings. The first kappa shape index (κ1) is 123. The fourth-order valence-corrected chi connectivity index (χ4v) is 19.6. The van der Waals surface area contributed by atoms with Gasteiger partial charge in [0.2, 0.25) is 35.4 Å². The van der Waals surface area contributed by atoms with E-state index in [0.29, 0.717) is 0 Å². The van der Waals surface area contributed by atoms with Gasteiger partial charge in [0.1, 0.15) is 287 Å². The average Bonchev–Trinajstić information content (AvgIpc) is 0.736.